The van der Waals surface area contributed by atoms with E-state index in [9.17, 15) is 22.8 Å². The molecule has 0 heterocycles. The molecule has 0 bridgehead atoms. The first-order valence-corrected chi connectivity index (χ1v) is 10.9. The van der Waals surface area contributed by atoms with Crippen LogP contribution < -0.4 is 10.5 Å². The van der Waals surface area contributed by atoms with Gasteiger partial charge in [-0.1, -0.05) is 18.5 Å². The maximum atomic E-state index is 12.5. The first kappa shape index (κ1) is 23.5. The van der Waals surface area contributed by atoms with Crippen molar-refractivity contribution < 1.29 is 27.5 Å². The van der Waals surface area contributed by atoms with Crippen LogP contribution in [0.5, 0.6) is 0 Å². The van der Waals surface area contributed by atoms with E-state index in [1.165, 1.54) is 25.1 Å². The Balaban J connectivity index is 2.10. The van der Waals surface area contributed by atoms with E-state index in [-0.39, 0.29) is 27.0 Å². The molecule has 2 rings (SSSR count). The molecule has 8 nitrogen and oxygen atoms in total. The predicted molar refractivity (Wildman–Crippen MR) is 112 cm³/mol. The second-order valence-corrected chi connectivity index (χ2v) is 8.44. The van der Waals surface area contributed by atoms with E-state index < -0.39 is 27.9 Å². The van der Waals surface area contributed by atoms with Crippen LogP contribution in [-0.4, -0.2) is 32.2 Å². The van der Waals surface area contributed by atoms with E-state index in [0.717, 1.165) is 18.6 Å². The number of nitrogens with two attached hydrogens (primary N) is 1. The minimum Gasteiger partial charge on any atom is -0.451 e. The molecular formula is C20H21ClN2O6S. The SMILES string of the molecule is CCCC(=O)Nc1ccc(C(=O)C(C)OC(=O)c2cc(S(N)(=O)=O)ccc2Cl)cc1. The number of Topliss-reactive ketones (excluding diaryl/α,β-unsaturated/α-hetero) is 1. The number of hydrogen-bond acceptors (Lipinski definition) is 6. The fourth-order valence-corrected chi connectivity index (χ4v) is 3.25. The Kier molecular flexibility index (Phi) is 7.71. The fraction of sp³-hybridized carbons (Fsp3) is 0.250. The number of halogens is 1. The van der Waals surface area contributed by atoms with Crippen molar-refractivity contribution in [1.29, 1.82) is 0 Å². The number of esters is 1. The Hall–Kier alpha value is -2.75. The molecule has 30 heavy (non-hydrogen) atoms. The zero-order valence-electron chi connectivity index (χ0n) is 16.3. The summed E-state index contributed by atoms with van der Waals surface area (Å²) in [6, 6.07) is 9.50. The lowest BCUT2D eigenvalue weighted by Crippen LogP contribution is -2.25. The number of sulfonamides is 1. The molecule has 0 saturated heterocycles. The summed E-state index contributed by atoms with van der Waals surface area (Å²) in [5, 5.41) is 7.72. The highest BCUT2D eigenvalue weighted by Gasteiger charge is 2.23. The summed E-state index contributed by atoms with van der Waals surface area (Å²) in [4.78, 5) is 36.2. The molecule has 2 aromatic rings. The summed E-state index contributed by atoms with van der Waals surface area (Å²) in [6.45, 7) is 3.27. The number of hydrogen-bond donors (Lipinski definition) is 2. The van der Waals surface area contributed by atoms with E-state index in [2.05, 4.69) is 5.32 Å². The minimum atomic E-state index is -4.04. The number of amides is 1. The van der Waals surface area contributed by atoms with Gasteiger partial charge in [-0.2, -0.15) is 0 Å². The molecule has 2 aromatic carbocycles. The van der Waals surface area contributed by atoms with Crippen molar-refractivity contribution in [1.82, 2.24) is 0 Å². The van der Waals surface area contributed by atoms with E-state index in [0.29, 0.717) is 12.1 Å². The topological polar surface area (TPSA) is 133 Å². The van der Waals surface area contributed by atoms with Gasteiger partial charge in [0, 0.05) is 17.7 Å². The van der Waals surface area contributed by atoms with E-state index in [1.807, 2.05) is 6.92 Å². The maximum Gasteiger partial charge on any atom is 0.340 e. The molecule has 0 aliphatic rings. The van der Waals surface area contributed by atoms with Crippen molar-refractivity contribution in [3.05, 3.63) is 58.6 Å². The number of primary sulfonamides is 1. The Labute approximate surface area is 179 Å². The second-order valence-electron chi connectivity index (χ2n) is 6.47. The van der Waals surface area contributed by atoms with Crippen molar-refractivity contribution in [2.75, 3.05) is 5.32 Å². The molecule has 3 N–H and O–H groups in total. The number of carbonyl (C=O) groups is 3. The van der Waals surface area contributed by atoms with Crippen molar-refractivity contribution in [2.45, 2.75) is 37.7 Å². The van der Waals surface area contributed by atoms with Crippen LogP contribution in [0.1, 0.15) is 47.4 Å². The summed E-state index contributed by atoms with van der Waals surface area (Å²) in [6.07, 6.45) is -0.0505. The monoisotopic (exact) mass is 452 g/mol. The van der Waals surface area contributed by atoms with Crippen LogP contribution in [0.3, 0.4) is 0 Å². The van der Waals surface area contributed by atoms with Gasteiger partial charge >= 0.3 is 5.97 Å². The van der Waals surface area contributed by atoms with Crippen molar-refractivity contribution >= 4 is 45.0 Å². The third-order valence-corrected chi connectivity index (χ3v) is 5.31. The van der Waals surface area contributed by atoms with Gasteiger partial charge < -0.3 is 10.1 Å². The first-order valence-electron chi connectivity index (χ1n) is 9.00. The molecule has 0 radical (unpaired) electrons. The van der Waals surface area contributed by atoms with E-state index >= 15 is 0 Å². The maximum absolute atomic E-state index is 12.5. The average Bonchev–Trinajstić information content (AvgIpc) is 2.67. The Bertz CT molecular complexity index is 1070. The van der Waals surface area contributed by atoms with Crippen LogP contribution in [0.2, 0.25) is 5.02 Å². The number of rotatable bonds is 8. The lowest BCUT2D eigenvalue weighted by atomic mass is 10.1. The first-order chi connectivity index (χ1) is 14.0. The van der Waals surface area contributed by atoms with Crippen LogP contribution in [0.4, 0.5) is 5.69 Å². The summed E-state index contributed by atoms with van der Waals surface area (Å²) in [5.74, 6) is -1.57. The van der Waals surface area contributed by atoms with E-state index in [1.54, 1.807) is 12.1 Å². The molecule has 10 heteroatoms. The Morgan fingerprint density at radius 3 is 2.33 bits per heavy atom. The van der Waals surface area contributed by atoms with Gasteiger partial charge in [-0.15, -0.1) is 0 Å². The lowest BCUT2D eigenvalue weighted by molar-refractivity contribution is -0.116. The van der Waals surface area contributed by atoms with Gasteiger partial charge in [-0.3, -0.25) is 9.59 Å². The molecule has 160 valence electrons. The Morgan fingerprint density at radius 2 is 1.77 bits per heavy atom. The molecule has 1 unspecified atom stereocenters. The van der Waals surface area contributed by atoms with Crippen molar-refractivity contribution in [3.8, 4) is 0 Å². The molecule has 0 saturated carbocycles. The molecule has 0 aromatic heterocycles. The highest BCUT2D eigenvalue weighted by molar-refractivity contribution is 7.89. The van der Waals surface area contributed by atoms with Crippen LogP contribution in [0.25, 0.3) is 0 Å². The van der Waals surface area contributed by atoms with Gasteiger partial charge in [0.2, 0.25) is 21.7 Å². The van der Waals surface area contributed by atoms with Gasteiger partial charge in [0.25, 0.3) is 0 Å². The largest absolute Gasteiger partial charge is 0.451 e. The number of benzene rings is 2. The minimum absolute atomic E-state index is 0.0424. The van der Waals surface area contributed by atoms with Crippen LogP contribution >= 0.6 is 11.6 Å². The van der Waals surface area contributed by atoms with Crippen LogP contribution in [0, 0.1) is 0 Å². The third kappa shape index (κ3) is 6.12. The smallest absolute Gasteiger partial charge is 0.340 e. The molecule has 0 spiro atoms. The Morgan fingerprint density at radius 1 is 1.13 bits per heavy atom. The highest BCUT2D eigenvalue weighted by atomic mass is 35.5. The summed E-state index contributed by atoms with van der Waals surface area (Å²) >= 11 is 5.95. The normalized spacial score (nSPS) is 12.1. The molecule has 1 amide bonds. The molecule has 1 atom stereocenters. The lowest BCUT2D eigenvalue weighted by Gasteiger charge is -2.14. The standard InChI is InChI=1S/C20H21ClN2O6S/c1-3-4-18(24)23-14-7-5-13(6-8-14)19(25)12(2)29-20(26)16-11-15(30(22,27)28)9-10-17(16)21/h5-12H,3-4H2,1-2H3,(H,23,24)(H2,22,27,28). The summed E-state index contributed by atoms with van der Waals surface area (Å²) in [7, 11) is -4.04. The van der Waals surface area contributed by atoms with Gasteiger partial charge in [0.15, 0.2) is 6.10 Å². The number of ether oxygens (including phenoxy) is 1. The molecule has 0 fully saturated rings. The number of anilines is 1. The highest BCUT2D eigenvalue weighted by Crippen LogP contribution is 2.22. The molecule has 0 aliphatic carbocycles. The summed E-state index contributed by atoms with van der Waals surface area (Å²) < 4.78 is 28.1. The van der Waals surface area contributed by atoms with Gasteiger partial charge in [0.1, 0.15) is 0 Å². The quantitative estimate of drug-likeness (QED) is 0.467. The third-order valence-electron chi connectivity index (χ3n) is 4.07. The number of ketones is 1. The van der Waals surface area contributed by atoms with Crippen LogP contribution in [0.15, 0.2) is 47.4 Å². The van der Waals surface area contributed by atoms with E-state index in [4.69, 9.17) is 21.5 Å². The van der Waals surface area contributed by atoms with Crippen molar-refractivity contribution in [3.63, 3.8) is 0 Å². The van der Waals surface area contributed by atoms with Gasteiger partial charge in [-0.05, 0) is 55.8 Å². The van der Waals surface area contributed by atoms with Crippen molar-refractivity contribution in [2.24, 2.45) is 5.14 Å². The number of nitrogens with one attached hydrogen (secondary N) is 1. The second kappa shape index (κ2) is 9.84. The summed E-state index contributed by atoms with van der Waals surface area (Å²) in [5.41, 5.74) is 0.589. The average molecular weight is 453 g/mol. The zero-order chi connectivity index (χ0) is 22.5. The fourth-order valence-electron chi connectivity index (χ4n) is 2.52. The van der Waals surface area contributed by atoms with Crippen LogP contribution in [-0.2, 0) is 19.6 Å². The predicted octanol–water partition coefficient (Wildman–Crippen LogP) is 3.15. The van der Waals surface area contributed by atoms with Gasteiger partial charge in [0.05, 0.1) is 15.5 Å². The van der Waals surface area contributed by atoms with Gasteiger partial charge in [-0.25, -0.2) is 18.4 Å². The zero-order valence-corrected chi connectivity index (χ0v) is 17.9. The molecular weight excluding hydrogens is 432 g/mol. The molecule has 0 aliphatic heterocycles. The number of carbonyl (C=O) groups excluding carboxylic acids is 3.